The third-order valence-electron chi connectivity index (χ3n) is 5.38. The lowest BCUT2D eigenvalue weighted by atomic mass is 9.87. The summed E-state index contributed by atoms with van der Waals surface area (Å²) in [6, 6.07) is 13.3. The van der Waals surface area contributed by atoms with E-state index in [4.69, 9.17) is 5.10 Å². The molecule has 1 fully saturated rings. The van der Waals surface area contributed by atoms with Crippen LogP contribution < -0.4 is 5.32 Å². The number of carbonyl (C=O) groups is 1. The summed E-state index contributed by atoms with van der Waals surface area (Å²) in [5.41, 5.74) is 3.26. The molecule has 0 unspecified atom stereocenters. The highest BCUT2D eigenvalue weighted by Crippen LogP contribution is 2.34. The lowest BCUT2D eigenvalue weighted by Gasteiger charge is -2.19. The predicted octanol–water partition coefficient (Wildman–Crippen LogP) is 5.07. The number of nitrogens with zero attached hydrogens (tertiary/aromatic N) is 3. The van der Waals surface area contributed by atoms with Gasteiger partial charge in [-0.1, -0.05) is 37.5 Å². The molecule has 6 nitrogen and oxygen atoms in total. The number of benzene rings is 1. The van der Waals surface area contributed by atoms with Gasteiger partial charge in [0.2, 0.25) is 0 Å². The molecule has 144 valence electrons. The molecule has 1 saturated carbocycles. The number of aromatic nitrogens is 3. The standard InChI is InChI=1S/C22H24N4O2/c1-15-8-5-6-12-19(15)26-20(14-18(25-26)16-9-3-2-4-10-16)24-21-17(22(27)28)11-7-13-23-21/h5-8,11-14,16H,2-4,9-10H2,1H3,(H,23,24)(H,27,28). The summed E-state index contributed by atoms with van der Waals surface area (Å²) in [5.74, 6) is 0.489. The maximum atomic E-state index is 11.6. The summed E-state index contributed by atoms with van der Waals surface area (Å²) in [4.78, 5) is 15.8. The van der Waals surface area contributed by atoms with Crippen LogP contribution >= 0.6 is 0 Å². The molecule has 1 aliphatic rings. The molecule has 0 amide bonds. The molecular weight excluding hydrogens is 352 g/mol. The number of hydrogen-bond donors (Lipinski definition) is 2. The molecule has 28 heavy (non-hydrogen) atoms. The Bertz CT molecular complexity index is 990. The minimum absolute atomic E-state index is 0.138. The molecule has 0 bridgehead atoms. The summed E-state index contributed by atoms with van der Waals surface area (Å²) in [6.45, 7) is 2.05. The Morgan fingerprint density at radius 1 is 1.14 bits per heavy atom. The number of para-hydroxylation sites is 1. The topological polar surface area (TPSA) is 80.0 Å². The zero-order valence-electron chi connectivity index (χ0n) is 15.9. The smallest absolute Gasteiger partial charge is 0.339 e. The van der Waals surface area contributed by atoms with Crippen LogP contribution in [0.5, 0.6) is 0 Å². The van der Waals surface area contributed by atoms with E-state index < -0.39 is 5.97 Å². The minimum Gasteiger partial charge on any atom is -0.478 e. The van der Waals surface area contributed by atoms with Crippen LogP contribution in [-0.4, -0.2) is 25.8 Å². The maximum Gasteiger partial charge on any atom is 0.339 e. The van der Waals surface area contributed by atoms with Gasteiger partial charge in [-0.25, -0.2) is 14.5 Å². The largest absolute Gasteiger partial charge is 0.478 e. The summed E-state index contributed by atoms with van der Waals surface area (Å²) in [6.07, 6.45) is 7.63. The van der Waals surface area contributed by atoms with Crippen LogP contribution in [-0.2, 0) is 0 Å². The number of carboxylic acid groups (broad SMARTS) is 1. The van der Waals surface area contributed by atoms with Gasteiger partial charge in [-0.15, -0.1) is 0 Å². The molecule has 6 heteroatoms. The van der Waals surface area contributed by atoms with Gasteiger partial charge in [0.15, 0.2) is 0 Å². The fourth-order valence-corrected chi connectivity index (χ4v) is 3.87. The predicted molar refractivity (Wildman–Crippen MR) is 109 cm³/mol. The van der Waals surface area contributed by atoms with Crippen molar-refractivity contribution in [3.05, 3.63) is 65.5 Å². The molecule has 3 aromatic rings. The number of pyridine rings is 1. The van der Waals surface area contributed by atoms with Crippen molar-refractivity contribution in [2.45, 2.75) is 44.9 Å². The van der Waals surface area contributed by atoms with E-state index >= 15 is 0 Å². The molecular formula is C22H24N4O2. The third kappa shape index (κ3) is 3.63. The number of hydrogen-bond acceptors (Lipinski definition) is 4. The van der Waals surface area contributed by atoms with Crippen LogP contribution in [0.4, 0.5) is 11.6 Å². The van der Waals surface area contributed by atoms with Crippen molar-refractivity contribution >= 4 is 17.6 Å². The molecule has 4 rings (SSSR count). The van der Waals surface area contributed by atoms with Crippen LogP contribution in [0.3, 0.4) is 0 Å². The van der Waals surface area contributed by atoms with Gasteiger partial charge < -0.3 is 10.4 Å². The molecule has 2 aromatic heterocycles. The zero-order valence-corrected chi connectivity index (χ0v) is 15.9. The van der Waals surface area contributed by atoms with Crippen molar-refractivity contribution in [1.82, 2.24) is 14.8 Å². The summed E-state index contributed by atoms with van der Waals surface area (Å²) in [5, 5.41) is 17.6. The van der Waals surface area contributed by atoms with E-state index in [0.717, 1.165) is 35.6 Å². The molecule has 1 aromatic carbocycles. The first-order chi connectivity index (χ1) is 13.6. The third-order valence-corrected chi connectivity index (χ3v) is 5.38. The summed E-state index contributed by atoms with van der Waals surface area (Å²) < 4.78 is 1.87. The van der Waals surface area contributed by atoms with Crippen LogP contribution in [0.15, 0.2) is 48.7 Å². The van der Waals surface area contributed by atoms with Crippen LogP contribution in [0.2, 0.25) is 0 Å². The average molecular weight is 376 g/mol. The normalized spacial score (nSPS) is 14.8. The van der Waals surface area contributed by atoms with E-state index in [1.807, 2.05) is 41.9 Å². The first-order valence-corrected chi connectivity index (χ1v) is 9.75. The number of carboxylic acids is 1. The molecule has 0 aliphatic heterocycles. The molecule has 0 saturated heterocycles. The van der Waals surface area contributed by atoms with E-state index in [0.29, 0.717) is 11.7 Å². The first kappa shape index (κ1) is 18.2. The molecule has 0 atom stereocenters. The van der Waals surface area contributed by atoms with Gasteiger partial charge in [0.25, 0.3) is 0 Å². The quantitative estimate of drug-likeness (QED) is 0.650. The zero-order chi connectivity index (χ0) is 19.5. The second-order valence-electron chi connectivity index (χ2n) is 7.32. The Kier molecular flexibility index (Phi) is 5.10. The van der Waals surface area contributed by atoms with Gasteiger partial charge in [0.1, 0.15) is 17.2 Å². The number of aromatic carboxylic acids is 1. The minimum atomic E-state index is -1.01. The average Bonchev–Trinajstić information content (AvgIpc) is 3.13. The molecule has 0 radical (unpaired) electrons. The van der Waals surface area contributed by atoms with E-state index in [1.54, 1.807) is 18.3 Å². The van der Waals surface area contributed by atoms with Crippen molar-refractivity contribution in [2.24, 2.45) is 0 Å². The molecule has 2 N–H and O–H groups in total. The lowest BCUT2D eigenvalue weighted by Crippen LogP contribution is -2.09. The highest BCUT2D eigenvalue weighted by molar-refractivity contribution is 5.93. The van der Waals surface area contributed by atoms with Crippen molar-refractivity contribution in [2.75, 3.05) is 5.32 Å². The maximum absolute atomic E-state index is 11.6. The van der Waals surface area contributed by atoms with Gasteiger partial charge in [0, 0.05) is 18.2 Å². The summed E-state index contributed by atoms with van der Waals surface area (Å²) in [7, 11) is 0. The molecule has 0 spiro atoms. The van der Waals surface area contributed by atoms with Crippen LogP contribution in [0.1, 0.15) is 59.6 Å². The van der Waals surface area contributed by atoms with Crippen molar-refractivity contribution in [3.63, 3.8) is 0 Å². The Morgan fingerprint density at radius 3 is 2.68 bits per heavy atom. The van der Waals surface area contributed by atoms with Gasteiger partial charge in [-0.3, -0.25) is 0 Å². The Balaban J connectivity index is 1.78. The molecule has 1 aliphatic carbocycles. The molecule has 2 heterocycles. The van der Waals surface area contributed by atoms with Crippen molar-refractivity contribution < 1.29 is 9.90 Å². The van der Waals surface area contributed by atoms with Gasteiger partial charge in [-0.05, 0) is 43.5 Å². The Morgan fingerprint density at radius 2 is 1.93 bits per heavy atom. The number of nitrogens with one attached hydrogen (secondary N) is 1. The summed E-state index contributed by atoms with van der Waals surface area (Å²) >= 11 is 0. The van der Waals surface area contributed by atoms with E-state index in [9.17, 15) is 9.90 Å². The van der Waals surface area contributed by atoms with Gasteiger partial charge >= 0.3 is 5.97 Å². The fraction of sp³-hybridized carbons (Fsp3) is 0.318. The lowest BCUT2D eigenvalue weighted by molar-refractivity contribution is 0.0697. The number of anilines is 2. The van der Waals surface area contributed by atoms with Crippen LogP contribution in [0, 0.1) is 6.92 Å². The Hall–Kier alpha value is -3.15. The van der Waals surface area contributed by atoms with Crippen molar-refractivity contribution in [1.29, 1.82) is 0 Å². The second kappa shape index (κ2) is 7.84. The monoisotopic (exact) mass is 376 g/mol. The van der Waals surface area contributed by atoms with Gasteiger partial charge in [0.05, 0.1) is 11.4 Å². The number of aryl methyl sites for hydroxylation is 1. The Labute approximate surface area is 164 Å². The van der Waals surface area contributed by atoms with Gasteiger partial charge in [-0.2, -0.15) is 5.10 Å². The number of rotatable bonds is 5. The van der Waals surface area contributed by atoms with E-state index in [2.05, 4.69) is 10.3 Å². The second-order valence-corrected chi connectivity index (χ2v) is 7.32. The van der Waals surface area contributed by atoms with Crippen molar-refractivity contribution in [3.8, 4) is 5.69 Å². The SMILES string of the molecule is Cc1ccccc1-n1nc(C2CCCCC2)cc1Nc1ncccc1C(=O)O. The highest BCUT2D eigenvalue weighted by Gasteiger charge is 2.22. The fourth-order valence-electron chi connectivity index (χ4n) is 3.87. The van der Waals surface area contributed by atoms with Crippen LogP contribution in [0.25, 0.3) is 5.69 Å². The highest BCUT2D eigenvalue weighted by atomic mass is 16.4. The first-order valence-electron chi connectivity index (χ1n) is 9.75. The van der Waals surface area contributed by atoms with E-state index in [1.165, 1.54) is 19.3 Å². The van der Waals surface area contributed by atoms with E-state index in [-0.39, 0.29) is 5.56 Å².